The molecule has 1 atom stereocenters. The lowest BCUT2D eigenvalue weighted by molar-refractivity contribution is -0.121. The number of likely N-dealkylation sites (tertiary alicyclic amines) is 1. The van der Waals surface area contributed by atoms with Crippen molar-refractivity contribution in [2.45, 2.75) is 45.4 Å². The first-order chi connectivity index (χ1) is 13.1. The van der Waals surface area contributed by atoms with Crippen LogP contribution in [0.5, 0.6) is 0 Å². The number of hydrogen-bond acceptors (Lipinski definition) is 4. The Bertz CT molecular complexity index is 861. The fourth-order valence-corrected chi connectivity index (χ4v) is 5.18. The zero-order chi connectivity index (χ0) is 18.8. The second-order valence-electron chi connectivity index (χ2n) is 7.50. The minimum atomic E-state index is -0.181. The number of anilines is 1. The van der Waals surface area contributed by atoms with Crippen LogP contribution in [-0.2, 0) is 17.6 Å². The fraction of sp³-hybridized carbons (Fsp3) is 0.476. The molecule has 0 radical (unpaired) electrons. The first-order valence-electron chi connectivity index (χ1n) is 9.75. The van der Waals surface area contributed by atoms with E-state index in [0.717, 1.165) is 43.5 Å². The molecule has 1 saturated heterocycles. The van der Waals surface area contributed by atoms with Gasteiger partial charge in [-0.25, -0.2) is 4.98 Å². The summed E-state index contributed by atoms with van der Waals surface area (Å²) in [6, 6.07) is 5.58. The molecule has 1 fully saturated rings. The molecule has 1 aliphatic heterocycles. The summed E-state index contributed by atoms with van der Waals surface area (Å²) >= 11 is 1.72. The molecule has 3 heterocycles. The molecule has 0 bridgehead atoms. The predicted molar refractivity (Wildman–Crippen MR) is 107 cm³/mol. The first-order valence-corrected chi connectivity index (χ1v) is 10.6. The van der Waals surface area contributed by atoms with Gasteiger partial charge in [-0.05, 0) is 63.1 Å². The molecule has 5 nitrogen and oxygen atoms in total. The molecular formula is C21H25N3O2S. The van der Waals surface area contributed by atoms with Crippen molar-refractivity contribution in [2.75, 3.05) is 18.4 Å². The molecule has 142 valence electrons. The van der Waals surface area contributed by atoms with Crippen LogP contribution in [0.1, 0.15) is 52.2 Å². The molecule has 0 aromatic carbocycles. The summed E-state index contributed by atoms with van der Waals surface area (Å²) in [6.07, 6.45) is 6.16. The average Bonchev–Trinajstić information content (AvgIpc) is 3.11. The van der Waals surface area contributed by atoms with Gasteiger partial charge in [0.1, 0.15) is 5.82 Å². The number of aromatic nitrogens is 1. The van der Waals surface area contributed by atoms with Gasteiger partial charge in [-0.15, -0.1) is 11.3 Å². The lowest BCUT2D eigenvalue weighted by Crippen LogP contribution is -2.44. The molecule has 2 aromatic heterocycles. The van der Waals surface area contributed by atoms with E-state index in [1.54, 1.807) is 17.4 Å². The summed E-state index contributed by atoms with van der Waals surface area (Å²) < 4.78 is 0. The van der Waals surface area contributed by atoms with Gasteiger partial charge in [-0.1, -0.05) is 6.07 Å². The highest BCUT2D eigenvalue weighted by Crippen LogP contribution is 2.32. The lowest BCUT2D eigenvalue weighted by Gasteiger charge is -2.32. The molecule has 1 unspecified atom stereocenters. The van der Waals surface area contributed by atoms with E-state index in [-0.39, 0.29) is 17.7 Å². The maximum atomic E-state index is 13.1. The van der Waals surface area contributed by atoms with Crippen LogP contribution in [-0.4, -0.2) is 34.8 Å². The molecule has 1 aliphatic carbocycles. The van der Waals surface area contributed by atoms with E-state index in [1.165, 1.54) is 23.3 Å². The lowest BCUT2D eigenvalue weighted by atomic mass is 9.93. The van der Waals surface area contributed by atoms with Gasteiger partial charge in [-0.2, -0.15) is 0 Å². The van der Waals surface area contributed by atoms with Crippen molar-refractivity contribution in [2.24, 2.45) is 5.92 Å². The Morgan fingerprint density at radius 1 is 1.22 bits per heavy atom. The van der Waals surface area contributed by atoms with Crippen LogP contribution in [0.15, 0.2) is 23.6 Å². The van der Waals surface area contributed by atoms with Crippen molar-refractivity contribution >= 4 is 29.0 Å². The molecule has 2 aliphatic rings. The highest BCUT2D eigenvalue weighted by molar-refractivity contribution is 7.10. The number of rotatable bonds is 3. The van der Waals surface area contributed by atoms with Gasteiger partial charge in [0.25, 0.3) is 5.91 Å². The van der Waals surface area contributed by atoms with Gasteiger partial charge in [0.2, 0.25) is 5.91 Å². The van der Waals surface area contributed by atoms with Crippen molar-refractivity contribution in [3.8, 4) is 0 Å². The molecular weight excluding hydrogens is 358 g/mol. The van der Waals surface area contributed by atoms with E-state index >= 15 is 0 Å². The van der Waals surface area contributed by atoms with E-state index in [2.05, 4.69) is 10.3 Å². The van der Waals surface area contributed by atoms with Gasteiger partial charge in [0.05, 0.1) is 11.5 Å². The Hall–Kier alpha value is -2.21. The van der Waals surface area contributed by atoms with Crippen molar-refractivity contribution in [1.29, 1.82) is 0 Å². The molecule has 6 heteroatoms. The number of amides is 2. The van der Waals surface area contributed by atoms with E-state index in [9.17, 15) is 9.59 Å². The summed E-state index contributed by atoms with van der Waals surface area (Å²) in [5.74, 6) is 0.452. The van der Waals surface area contributed by atoms with E-state index < -0.39 is 0 Å². The topological polar surface area (TPSA) is 62.3 Å². The Labute approximate surface area is 163 Å². The number of nitrogens with one attached hydrogen (secondary N) is 1. The summed E-state index contributed by atoms with van der Waals surface area (Å²) in [7, 11) is 0. The van der Waals surface area contributed by atoms with Crippen molar-refractivity contribution in [1.82, 2.24) is 9.88 Å². The van der Waals surface area contributed by atoms with Crippen LogP contribution in [0.25, 0.3) is 0 Å². The zero-order valence-corrected chi connectivity index (χ0v) is 16.5. The summed E-state index contributed by atoms with van der Waals surface area (Å²) in [4.78, 5) is 33.4. The Kier molecular flexibility index (Phi) is 5.25. The number of aryl methyl sites for hydroxylation is 2. The SMILES string of the molecule is Cc1cccc(NC(=O)C2CCCN(C(=O)c3csc4c3CCCC4)C2)n1. The minimum absolute atomic E-state index is 0.0436. The Balaban J connectivity index is 1.44. The predicted octanol–water partition coefficient (Wildman–Crippen LogP) is 3.82. The third-order valence-electron chi connectivity index (χ3n) is 5.51. The Morgan fingerprint density at radius 2 is 2.07 bits per heavy atom. The van der Waals surface area contributed by atoms with Gasteiger partial charge in [0, 0.05) is 29.0 Å². The number of piperidine rings is 1. The minimum Gasteiger partial charge on any atom is -0.338 e. The van der Waals surface area contributed by atoms with Crippen LogP contribution >= 0.6 is 11.3 Å². The van der Waals surface area contributed by atoms with E-state index in [1.807, 2.05) is 29.3 Å². The van der Waals surface area contributed by atoms with Crippen molar-refractivity contribution in [3.05, 3.63) is 45.3 Å². The van der Waals surface area contributed by atoms with Crippen LogP contribution in [0.4, 0.5) is 5.82 Å². The van der Waals surface area contributed by atoms with Crippen LogP contribution in [0.2, 0.25) is 0 Å². The number of fused-ring (bicyclic) bond motifs is 1. The molecule has 0 saturated carbocycles. The fourth-order valence-electron chi connectivity index (χ4n) is 4.06. The highest BCUT2D eigenvalue weighted by Gasteiger charge is 2.31. The summed E-state index contributed by atoms with van der Waals surface area (Å²) in [5.41, 5.74) is 3.00. The van der Waals surface area contributed by atoms with Crippen LogP contribution in [0, 0.1) is 12.8 Å². The monoisotopic (exact) mass is 383 g/mol. The molecule has 2 amide bonds. The third-order valence-corrected chi connectivity index (χ3v) is 6.60. The number of pyridine rings is 1. The molecule has 4 rings (SSSR count). The van der Waals surface area contributed by atoms with Gasteiger partial charge in [-0.3, -0.25) is 9.59 Å². The second-order valence-corrected chi connectivity index (χ2v) is 8.47. The van der Waals surface area contributed by atoms with Crippen LogP contribution in [0.3, 0.4) is 0 Å². The maximum Gasteiger partial charge on any atom is 0.255 e. The normalized spacial score (nSPS) is 19.4. The van der Waals surface area contributed by atoms with E-state index in [0.29, 0.717) is 12.4 Å². The van der Waals surface area contributed by atoms with E-state index in [4.69, 9.17) is 0 Å². The number of carbonyl (C=O) groups is 2. The summed E-state index contributed by atoms with van der Waals surface area (Å²) in [5, 5.41) is 4.94. The Morgan fingerprint density at radius 3 is 2.93 bits per heavy atom. The largest absolute Gasteiger partial charge is 0.338 e. The number of nitrogens with zero attached hydrogens (tertiary/aromatic N) is 2. The average molecular weight is 384 g/mol. The highest BCUT2D eigenvalue weighted by atomic mass is 32.1. The molecule has 27 heavy (non-hydrogen) atoms. The smallest absolute Gasteiger partial charge is 0.255 e. The number of thiophene rings is 1. The second kappa shape index (κ2) is 7.80. The van der Waals surface area contributed by atoms with Gasteiger partial charge >= 0.3 is 0 Å². The first kappa shape index (κ1) is 18.2. The zero-order valence-electron chi connectivity index (χ0n) is 15.7. The summed E-state index contributed by atoms with van der Waals surface area (Å²) in [6.45, 7) is 3.12. The number of hydrogen-bond donors (Lipinski definition) is 1. The number of carbonyl (C=O) groups excluding carboxylic acids is 2. The van der Waals surface area contributed by atoms with Gasteiger partial charge in [0.15, 0.2) is 0 Å². The maximum absolute atomic E-state index is 13.1. The van der Waals surface area contributed by atoms with Gasteiger partial charge < -0.3 is 10.2 Å². The third kappa shape index (κ3) is 3.90. The molecule has 2 aromatic rings. The molecule has 1 N–H and O–H groups in total. The quantitative estimate of drug-likeness (QED) is 0.876. The molecule has 0 spiro atoms. The van der Waals surface area contributed by atoms with Crippen molar-refractivity contribution in [3.63, 3.8) is 0 Å². The van der Waals surface area contributed by atoms with Crippen LogP contribution < -0.4 is 5.32 Å². The standard InChI is InChI=1S/C21H25N3O2S/c1-14-6-4-10-19(22-14)23-20(25)15-7-5-11-24(12-15)21(26)17-13-27-18-9-3-2-8-16(17)18/h4,6,10,13,15H,2-3,5,7-9,11-12H2,1H3,(H,22,23,25). The van der Waals surface area contributed by atoms with Crippen molar-refractivity contribution < 1.29 is 9.59 Å².